The maximum atomic E-state index is 11.5. The van der Waals surface area contributed by atoms with E-state index in [2.05, 4.69) is 5.32 Å². The second kappa shape index (κ2) is 6.03. The number of anilines is 1. The second-order valence-corrected chi connectivity index (χ2v) is 5.43. The Morgan fingerprint density at radius 3 is 2.50 bits per heavy atom. The number of nitrogens with one attached hydrogen (secondary N) is 1. The van der Waals surface area contributed by atoms with E-state index >= 15 is 0 Å². The SMILES string of the molecule is CC(=O)c1ccc(NC2CCCCC2)c([N+](=O)[O-])c1C. The molecule has 1 aromatic rings. The van der Waals surface area contributed by atoms with Gasteiger partial charge in [0.15, 0.2) is 5.78 Å². The van der Waals surface area contributed by atoms with Crippen molar-refractivity contribution in [2.75, 3.05) is 5.32 Å². The molecule has 108 valence electrons. The van der Waals surface area contributed by atoms with Crippen molar-refractivity contribution in [3.05, 3.63) is 33.4 Å². The third-order valence-corrected chi connectivity index (χ3v) is 3.96. The highest BCUT2D eigenvalue weighted by molar-refractivity contribution is 5.97. The number of Topliss-reactive ketones (excluding diaryl/α,β-unsaturated/α-hetero) is 1. The van der Waals surface area contributed by atoms with E-state index in [0.29, 0.717) is 22.9 Å². The quantitative estimate of drug-likeness (QED) is 0.515. The normalized spacial score (nSPS) is 15.9. The number of rotatable bonds is 4. The average Bonchev–Trinajstić information content (AvgIpc) is 2.39. The predicted octanol–water partition coefficient (Wildman–Crippen LogP) is 3.85. The number of carbonyl (C=O) groups is 1. The molecule has 0 saturated heterocycles. The fourth-order valence-corrected chi connectivity index (χ4v) is 2.90. The van der Waals surface area contributed by atoms with Crippen LogP contribution in [-0.4, -0.2) is 16.7 Å². The van der Waals surface area contributed by atoms with Gasteiger partial charge in [-0.1, -0.05) is 19.3 Å². The smallest absolute Gasteiger partial charge is 0.295 e. The van der Waals surface area contributed by atoms with Gasteiger partial charge in [-0.2, -0.15) is 0 Å². The van der Waals surface area contributed by atoms with Gasteiger partial charge >= 0.3 is 0 Å². The molecule has 1 N–H and O–H groups in total. The predicted molar refractivity (Wildman–Crippen MR) is 78.3 cm³/mol. The lowest BCUT2D eigenvalue weighted by atomic mass is 9.94. The number of hydrogen-bond donors (Lipinski definition) is 1. The van der Waals surface area contributed by atoms with Crippen LogP contribution in [0.3, 0.4) is 0 Å². The van der Waals surface area contributed by atoms with Crippen LogP contribution in [0, 0.1) is 17.0 Å². The van der Waals surface area contributed by atoms with E-state index in [-0.39, 0.29) is 11.5 Å². The first-order valence-electron chi connectivity index (χ1n) is 7.06. The van der Waals surface area contributed by atoms with Crippen LogP contribution < -0.4 is 5.32 Å². The van der Waals surface area contributed by atoms with Gasteiger partial charge in [-0.25, -0.2) is 0 Å². The zero-order valence-electron chi connectivity index (χ0n) is 11.9. The topological polar surface area (TPSA) is 72.2 Å². The summed E-state index contributed by atoms with van der Waals surface area (Å²) in [5.41, 5.74) is 1.43. The monoisotopic (exact) mass is 276 g/mol. The molecular weight excluding hydrogens is 256 g/mol. The molecule has 0 spiro atoms. The number of nitro benzene ring substituents is 1. The summed E-state index contributed by atoms with van der Waals surface area (Å²) in [6.07, 6.45) is 5.66. The number of hydrogen-bond acceptors (Lipinski definition) is 4. The number of carbonyl (C=O) groups excluding carboxylic acids is 1. The molecule has 1 aliphatic carbocycles. The molecule has 0 bridgehead atoms. The van der Waals surface area contributed by atoms with Crippen LogP contribution in [0.5, 0.6) is 0 Å². The summed E-state index contributed by atoms with van der Waals surface area (Å²) in [4.78, 5) is 22.4. The van der Waals surface area contributed by atoms with Gasteiger partial charge in [0.1, 0.15) is 5.69 Å². The lowest BCUT2D eigenvalue weighted by molar-refractivity contribution is -0.384. The van der Waals surface area contributed by atoms with Gasteiger partial charge in [-0.05, 0) is 38.8 Å². The van der Waals surface area contributed by atoms with Gasteiger partial charge in [-0.15, -0.1) is 0 Å². The van der Waals surface area contributed by atoms with Crippen LogP contribution in [0.4, 0.5) is 11.4 Å². The summed E-state index contributed by atoms with van der Waals surface area (Å²) in [5, 5.41) is 14.6. The van der Waals surface area contributed by atoms with Crippen LogP contribution >= 0.6 is 0 Å². The first-order chi connectivity index (χ1) is 9.50. The Hall–Kier alpha value is -1.91. The summed E-state index contributed by atoms with van der Waals surface area (Å²) in [7, 11) is 0. The van der Waals surface area contributed by atoms with Crippen molar-refractivity contribution >= 4 is 17.2 Å². The Kier molecular flexibility index (Phi) is 4.37. The van der Waals surface area contributed by atoms with Crippen LogP contribution in [0.25, 0.3) is 0 Å². The first kappa shape index (κ1) is 14.5. The highest BCUT2D eigenvalue weighted by Crippen LogP contribution is 2.33. The Balaban J connectivity index is 2.34. The van der Waals surface area contributed by atoms with Gasteiger partial charge in [0, 0.05) is 17.2 Å². The van der Waals surface area contributed by atoms with Crippen LogP contribution in [-0.2, 0) is 0 Å². The minimum atomic E-state index is -0.396. The lowest BCUT2D eigenvalue weighted by Crippen LogP contribution is -2.23. The third kappa shape index (κ3) is 2.98. The largest absolute Gasteiger partial charge is 0.377 e. The van der Waals surface area contributed by atoms with Gasteiger partial charge in [-0.3, -0.25) is 14.9 Å². The molecule has 0 amide bonds. The van der Waals surface area contributed by atoms with Crippen molar-refractivity contribution in [1.29, 1.82) is 0 Å². The molecule has 5 heteroatoms. The van der Waals surface area contributed by atoms with Crippen molar-refractivity contribution in [2.24, 2.45) is 0 Å². The number of nitro groups is 1. The van der Waals surface area contributed by atoms with E-state index in [1.807, 2.05) is 0 Å². The average molecular weight is 276 g/mol. The molecule has 0 radical (unpaired) electrons. The lowest BCUT2D eigenvalue weighted by Gasteiger charge is -2.24. The first-order valence-corrected chi connectivity index (χ1v) is 7.06. The van der Waals surface area contributed by atoms with Crippen LogP contribution in [0.1, 0.15) is 54.9 Å². The molecule has 1 aliphatic rings. The zero-order chi connectivity index (χ0) is 14.7. The van der Waals surface area contributed by atoms with Crippen LogP contribution in [0.15, 0.2) is 12.1 Å². The molecule has 5 nitrogen and oxygen atoms in total. The van der Waals surface area contributed by atoms with Crippen LogP contribution in [0.2, 0.25) is 0 Å². The van der Waals surface area contributed by atoms with Gasteiger partial charge in [0.25, 0.3) is 5.69 Å². The Morgan fingerprint density at radius 1 is 1.30 bits per heavy atom. The van der Waals surface area contributed by atoms with Crippen molar-refractivity contribution in [3.8, 4) is 0 Å². The van der Waals surface area contributed by atoms with E-state index in [1.54, 1.807) is 19.1 Å². The number of nitrogens with zero attached hydrogens (tertiary/aromatic N) is 1. The van der Waals surface area contributed by atoms with Gasteiger partial charge in [0.05, 0.1) is 4.92 Å². The summed E-state index contributed by atoms with van der Waals surface area (Å²) in [6, 6.07) is 3.64. The Labute approximate surface area is 118 Å². The molecule has 1 aromatic carbocycles. The van der Waals surface area contributed by atoms with Crippen molar-refractivity contribution in [3.63, 3.8) is 0 Å². The van der Waals surface area contributed by atoms with Gasteiger partial charge in [0.2, 0.25) is 0 Å². The Morgan fingerprint density at radius 2 is 1.95 bits per heavy atom. The number of ketones is 1. The fraction of sp³-hybridized carbons (Fsp3) is 0.533. The van der Waals surface area contributed by atoms with E-state index in [9.17, 15) is 14.9 Å². The Bertz CT molecular complexity index is 534. The summed E-state index contributed by atoms with van der Waals surface area (Å²) in [6.45, 7) is 3.07. The fourth-order valence-electron chi connectivity index (χ4n) is 2.90. The number of benzene rings is 1. The van der Waals surface area contributed by atoms with E-state index in [1.165, 1.54) is 13.3 Å². The van der Waals surface area contributed by atoms with E-state index in [0.717, 1.165) is 25.7 Å². The minimum absolute atomic E-state index is 0.0308. The minimum Gasteiger partial charge on any atom is -0.377 e. The molecular formula is C15H20N2O3. The molecule has 0 aromatic heterocycles. The highest BCUT2D eigenvalue weighted by Gasteiger charge is 2.24. The van der Waals surface area contributed by atoms with E-state index < -0.39 is 4.92 Å². The molecule has 0 unspecified atom stereocenters. The van der Waals surface area contributed by atoms with E-state index in [4.69, 9.17) is 0 Å². The molecule has 20 heavy (non-hydrogen) atoms. The second-order valence-electron chi connectivity index (χ2n) is 5.43. The summed E-state index contributed by atoms with van der Waals surface area (Å²) < 4.78 is 0. The third-order valence-electron chi connectivity index (χ3n) is 3.96. The van der Waals surface area contributed by atoms with Crippen molar-refractivity contribution in [2.45, 2.75) is 52.0 Å². The van der Waals surface area contributed by atoms with Gasteiger partial charge < -0.3 is 5.32 Å². The molecule has 0 aliphatic heterocycles. The maximum absolute atomic E-state index is 11.5. The summed E-state index contributed by atoms with van der Waals surface area (Å²) in [5.74, 6) is -0.144. The van der Waals surface area contributed by atoms with Crippen molar-refractivity contribution < 1.29 is 9.72 Å². The molecule has 0 heterocycles. The molecule has 2 rings (SSSR count). The molecule has 1 saturated carbocycles. The highest BCUT2D eigenvalue weighted by atomic mass is 16.6. The summed E-state index contributed by atoms with van der Waals surface area (Å²) >= 11 is 0. The maximum Gasteiger partial charge on any atom is 0.295 e. The zero-order valence-corrected chi connectivity index (χ0v) is 11.9. The molecule has 1 fully saturated rings. The molecule has 0 atom stereocenters. The standard InChI is InChI=1S/C15H20N2O3/c1-10-13(11(2)18)8-9-14(15(10)17(19)20)16-12-6-4-3-5-7-12/h8-9,12,16H,3-7H2,1-2H3. The van der Waals surface area contributed by atoms with Crippen molar-refractivity contribution in [1.82, 2.24) is 0 Å².